The summed E-state index contributed by atoms with van der Waals surface area (Å²) in [6.07, 6.45) is 3.45. The Bertz CT molecular complexity index is 1140. The molecule has 0 saturated carbocycles. The van der Waals surface area contributed by atoms with Gasteiger partial charge in [0.25, 0.3) is 0 Å². The Morgan fingerprint density at radius 2 is 2.06 bits per heavy atom. The molecular formula is C22H29N7O3S. The second kappa shape index (κ2) is 8.45. The van der Waals surface area contributed by atoms with Crippen LogP contribution in [0.2, 0.25) is 0 Å². The summed E-state index contributed by atoms with van der Waals surface area (Å²) in [4.78, 5) is 25.0. The molecule has 0 aliphatic carbocycles. The first-order valence-corrected chi connectivity index (χ1v) is 12.1. The van der Waals surface area contributed by atoms with Crippen LogP contribution >= 0.6 is 11.3 Å². The van der Waals surface area contributed by atoms with Gasteiger partial charge in [-0.15, -0.1) is 11.3 Å². The van der Waals surface area contributed by atoms with E-state index in [1.54, 1.807) is 17.4 Å². The Balaban J connectivity index is 1.31. The highest BCUT2D eigenvalue weighted by Gasteiger charge is 2.45. The molecule has 3 aromatic rings. The molecule has 2 saturated heterocycles. The number of aromatic nitrogens is 4. The van der Waals surface area contributed by atoms with Crippen LogP contribution in [0.15, 0.2) is 17.5 Å². The van der Waals surface area contributed by atoms with E-state index in [0.29, 0.717) is 23.3 Å². The Hall–Kier alpha value is -2.92. The lowest BCUT2D eigenvalue weighted by atomic mass is 9.98. The lowest BCUT2D eigenvalue weighted by molar-refractivity contribution is 0.00682. The van der Waals surface area contributed by atoms with E-state index in [0.717, 1.165) is 35.9 Å². The Morgan fingerprint density at radius 1 is 1.30 bits per heavy atom. The van der Waals surface area contributed by atoms with Crippen molar-refractivity contribution in [3.8, 4) is 0 Å². The summed E-state index contributed by atoms with van der Waals surface area (Å²) >= 11 is 1.55. The number of carbonyl (C=O) groups is 1. The standard InChI is InChI=1S/C22H29N7O3S/c1-22(2,3)32-21(31)29-14-4-5-15(29)9-12(8-14)23-20-25-18(16-6-7-33-19(16)26-20)24-17-10-13(11-30)27-28-17/h6-7,10,12,14-15,30H,4-5,8-9,11H2,1-3H3,(H3,23,24,25,26,27,28)/t12-,14-,15+. The molecule has 5 heterocycles. The van der Waals surface area contributed by atoms with Crippen LogP contribution in [-0.2, 0) is 11.3 Å². The smallest absolute Gasteiger partial charge is 0.410 e. The van der Waals surface area contributed by atoms with Gasteiger partial charge in [-0.2, -0.15) is 10.1 Å². The predicted octanol–water partition coefficient (Wildman–Crippen LogP) is 3.99. The number of fused-ring (bicyclic) bond motifs is 3. The number of aromatic amines is 1. The van der Waals surface area contributed by atoms with Gasteiger partial charge in [0.1, 0.15) is 16.2 Å². The summed E-state index contributed by atoms with van der Waals surface area (Å²) in [5.74, 6) is 1.80. The fraction of sp³-hybridized carbons (Fsp3) is 0.545. The van der Waals surface area contributed by atoms with Crippen LogP contribution in [0.25, 0.3) is 10.2 Å². The lowest BCUT2D eigenvalue weighted by Gasteiger charge is -2.39. The Kier molecular flexibility index (Phi) is 5.61. The fourth-order valence-corrected chi connectivity index (χ4v) is 5.50. The van der Waals surface area contributed by atoms with Crippen molar-refractivity contribution in [1.29, 1.82) is 0 Å². The number of amides is 1. The van der Waals surface area contributed by atoms with Crippen LogP contribution in [0, 0.1) is 0 Å². The van der Waals surface area contributed by atoms with Crippen molar-refractivity contribution < 1.29 is 14.6 Å². The molecule has 2 bridgehead atoms. The summed E-state index contributed by atoms with van der Waals surface area (Å²) < 4.78 is 5.64. The molecule has 33 heavy (non-hydrogen) atoms. The van der Waals surface area contributed by atoms with Gasteiger partial charge < -0.3 is 25.4 Å². The number of anilines is 3. The van der Waals surface area contributed by atoms with Gasteiger partial charge in [-0.1, -0.05) is 0 Å². The van der Waals surface area contributed by atoms with Gasteiger partial charge in [0.2, 0.25) is 5.95 Å². The van der Waals surface area contributed by atoms with Crippen molar-refractivity contribution in [1.82, 2.24) is 25.1 Å². The molecule has 2 aliphatic rings. The number of thiophene rings is 1. The Labute approximate surface area is 195 Å². The molecular weight excluding hydrogens is 442 g/mol. The molecule has 2 aliphatic heterocycles. The number of nitrogens with zero attached hydrogens (tertiary/aromatic N) is 4. The molecule has 5 rings (SSSR count). The van der Waals surface area contributed by atoms with Gasteiger partial charge >= 0.3 is 6.09 Å². The maximum atomic E-state index is 12.7. The van der Waals surface area contributed by atoms with Crippen molar-refractivity contribution in [3.63, 3.8) is 0 Å². The molecule has 2 fully saturated rings. The van der Waals surface area contributed by atoms with Gasteiger partial charge in [0.05, 0.1) is 17.7 Å². The summed E-state index contributed by atoms with van der Waals surface area (Å²) in [5, 5.41) is 25.9. The number of carbonyl (C=O) groups excluding carboxylic acids is 1. The number of aliphatic hydroxyl groups is 1. The quantitative estimate of drug-likeness (QED) is 0.440. The zero-order valence-electron chi connectivity index (χ0n) is 19.0. The molecule has 3 aromatic heterocycles. The van der Waals surface area contributed by atoms with E-state index < -0.39 is 5.60 Å². The van der Waals surface area contributed by atoms with E-state index in [1.165, 1.54) is 0 Å². The number of H-pyrrole nitrogens is 1. The third-order valence-electron chi connectivity index (χ3n) is 6.04. The van der Waals surface area contributed by atoms with Crippen LogP contribution in [0.4, 0.5) is 22.4 Å². The zero-order valence-corrected chi connectivity index (χ0v) is 19.8. The average Bonchev–Trinajstić information content (AvgIpc) is 3.45. The second-order valence-electron chi connectivity index (χ2n) is 9.68. The van der Waals surface area contributed by atoms with E-state index in [4.69, 9.17) is 14.7 Å². The molecule has 0 unspecified atom stereocenters. The largest absolute Gasteiger partial charge is 0.444 e. The van der Waals surface area contributed by atoms with Crippen molar-refractivity contribution in [2.45, 2.75) is 76.8 Å². The first-order valence-electron chi connectivity index (χ1n) is 11.2. The number of piperidine rings is 1. The number of hydrogen-bond donors (Lipinski definition) is 4. The molecule has 10 nitrogen and oxygen atoms in total. The monoisotopic (exact) mass is 471 g/mol. The van der Waals surface area contributed by atoms with Gasteiger partial charge in [-0.3, -0.25) is 5.10 Å². The number of hydrogen-bond acceptors (Lipinski definition) is 9. The average molecular weight is 472 g/mol. The molecule has 3 atom stereocenters. The maximum Gasteiger partial charge on any atom is 0.410 e. The highest BCUT2D eigenvalue weighted by molar-refractivity contribution is 7.16. The number of nitrogens with one attached hydrogen (secondary N) is 3. The van der Waals surface area contributed by atoms with Crippen LogP contribution in [0.1, 0.15) is 52.1 Å². The van der Waals surface area contributed by atoms with Crippen LogP contribution in [0.3, 0.4) is 0 Å². The van der Waals surface area contributed by atoms with Crippen molar-refractivity contribution in [2.75, 3.05) is 10.6 Å². The third-order valence-corrected chi connectivity index (χ3v) is 6.85. The van der Waals surface area contributed by atoms with E-state index in [9.17, 15) is 9.90 Å². The first kappa shape index (κ1) is 21.9. The van der Waals surface area contributed by atoms with E-state index in [1.807, 2.05) is 37.1 Å². The second-order valence-corrected chi connectivity index (χ2v) is 10.6. The molecule has 0 spiro atoms. The van der Waals surface area contributed by atoms with E-state index in [2.05, 4.69) is 20.8 Å². The van der Waals surface area contributed by atoms with Gasteiger partial charge in [-0.05, 0) is 57.9 Å². The number of aliphatic hydroxyl groups excluding tert-OH is 1. The van der Waals surface area contributed by atoms with E-state index in [-0.39, 0.29) is 30.8 Å². The molecule has 4 N–H and O–H groups in total. The zero-order chi connectivity index (χ0) is 23.2. The minimum absolute atomic E-state index is 0.108. The fourth-order valence-electron chi connectivity index (χ4n) is 4.73. The van der Waals surface area contributed by atoms with Crippen molar-refractivity contribution >= 4 is 45.2 Å². The van der Waals surface area contributed by atoms with Crippen LogP contribution in [-0.4, -0.2) is 60.0 Å². The van der Waals surface area contributed by atoms with Gasteiger partial charge in [0, 0.05) is 24.2 Å². The highest BCUT2D eigenvalue weighted by atomic mass is 32.1. The van der Waals surface area contributed by atoms with Crippen LogP contribution < -0.4 is 10.6 Å². The summed E-state index contributed by atoms with van der Waals surface area (Å²) in [7, 11) is 0. The highest BCUT2D eigenvalue weighted by Crippen LogP contribution is 2.38. The molecule has 1 amide bonds. The Morgan fingerprint density at radius 3 is 2.73 bits per heavy atom. The maximum absolute atomic E-state index is 12.7. The molecule has 11 heteroatoms. The first-order chi connectivity index (χ1) is 15.8. The summed E-state index contributed by atoms with van der Waals surface area (Å²) in [6.45, 7) is 5.60. The van der Waals surface area contributed by atoms with Crippen molar-refractivity contribution in [2.24, 2.45) is 0 Å². The SMILES string of the molecule is CC(C)(C)OC(=O)N1[C@@H]2CC[C@H]1C[C@H](Nc1nc(Nc3cc(CO)[nH]n3)c3ccsc3n1)C2. The van der Waals surface area contributed by atoms with Crippen LogP contribution in [0.5, 0.6) is 0 Å². The third kappa shape index (κ3) is 4.60. The van der Waals surface area contributed by atoms with Gasteiger partial charge in [0.15, 0.2) is 5.82 Å². The summed E-state index contributed by atoms with van der Waals surface area (Å²) in [6, 6.07) is 4.24. The minimum atomic E-state index is -0.495. The summed E-state index contributed by atoms with van der Waals surface area (Å²) in [5.41, 5.74) is 0.129. The molecule has 0 radical (unpaired) electrons. The van der Waals surface area contributed by atoms with Gasteiger partial charge in [-0.25, -0.2) is 9.78 Å². The predicted molar refractivity (Wildman–Crippen MR) is 127 cm³/mol. The molecule has 0 aromatic carbocycles. The minimum Gasteiger partial charge on any atom is -0.444 e. The molecule has 176 valence electrons. The van der Waals surface area contributed by atoms with E-state index >= 15 is 0 Å². The lowest BCUT2D eigenvalue weighted by Crippen LogP contribution is -2.51. The van der Waals surface area contributed by atoms with Crippen molar-refractivity contribution in [3.05, 3.63) is 23.2 Å². The normalized spacial score (nSPS) is 22.5. The topological polar surface area (TPSA) is 128 Å². The number of ether oxygens (including phenoxy) is 1. The number of rotatable bonds is 5.